The van der Waals surface area contributed by atoms with Crippen LogP contribution in [0, 0.1) is 40.4 Å². The van der Waals surface area contributed by atoms with Crippen molar-refractivity contribution in [3.05, 3.63) is 36.0 Å². The summed E-state index contributed by atoms with van der Waals surface area (Å²) in [6, 6.07) is 0. The number of hydrogen-bond donors (Lipinski definition) is 1. The Morgan fingerprint density at radius 3 is 2.81 bits per heavy atom. The molecule has 0 unspecified atom stereocenters. The fourth-order valence-corrected chi connectivity index (χ4v) is 7.65. The number of allylic oxidation sites excluding steroid dienone is 5. The Hall–Kier alpha value is -1.31. The second-order valence-electron chi connectivity index (χ2n) is 9.94. The van der Waals surface area contributed by atoms with Crippen molar-refractivity contribution in [2.45, 2.75) is 65.7 Å². The van der Waals surface area contributed by atoms with Gasteiger partial charge < -0.3 is 5.11 Å². The smallest absolute Gasteiger partial charge is 0.327 e. The monoisotopic (exact) mass is 354 g/mol. The zero-order chi connectivity index (χ0) is 18.5. The summed E-state index contributed by atoms with van der Waals surface area (Å²) in [6.45, 7) is 7.30. The van der Waals surface area contributed by atoms with E-state index in [0.29, 0.717) is 22.7 Å². The highest BCUT2D eigenvalue weighted by Gasteiger charge is 2.58. The number of fused-ring (bicyclic) bond motifs is 5. The molecule has 0 aromatic rings. The van der Waals surface area contributed by atoms with Crippen LogP contribution >= 0.6 is 0 Å². The van der Waals surface area contributed by atoms with Gasteiger partial charge in [0.25, 0.3) is 0 Å². The topological polar surface area (TPSA) is 37.3 Å². The van der Waals surface area contributed by atoms with E-state index in [1.54, 1.807) is 5.57 Å². The van der Waals surface area contributed by atoms with Gasteiger partial charge in [0.2, 0.25) is 0 Å². The fourth-order valence-electron chi connectivity index (χ4n) is 7.65. The van der Waals surface area contributed by atoms with Gasteiger partial charge >= 0.3 is 5.97 Å². The van der Waals surface area contributed by atoms with Crippen LogP contribution in [0.3, 0.4) is 0 Å². The van der Waals surface area contributed by atoms with Crippen molar-refractivity contribution in [3.8, 4) is 0 Å². The van der Waals surface area contributed by atoms with Crippen molar-refractivity contribution in [1.82, 2.24) is 0 Å². The van der Waals surface area contributed by atoms with Gasteiger partial charge in [-0.25, -0.2) is 4.79 Å². The Bertz CT molecular complexity index is 672. The Morgan fingerprint density at radius 2 is 2.04 bits per heavy atom. The van der Waals surface area contributed by atoms with Crippen LogP contribution < -0.4 is 0 Å². The van der Waals surface area contributed by atoms with Crippen molar-refractivity contribution < 1.29 is 9.90 Å². The van der Waals surface area contributed by atoms with Gasteiger partial charge in [-0.3, -0.25) is 0 Å². The molecule has 2 heteroatoms. The van der Waals surface area contributed by atoms with Crippen LogP contribution in [0.15, 0.2) is 36.0 Å². The van der Waals surface area contributed by atoms with Gasteiger partial charge in [0.15, 0.2) is 0 Å². The van der Waals surface area contributed by atoms with E-state index >= 15 is 0 Å². The quantitative estimate of drug-likeness (QED) is 0.630. The van der Waals surface area contributed by atoms with Gasteiger partial charge in [-0.1, -0.05) is 50.6 Å². The summed E-state index contributed by atoms with van der Waals surface area (Å²) in [6.07, 6.45) is 19.5. The van der Waals surface area contributed by atoms with Gasteiger partial charge in [0.05, 0.1) is 0 Å². The summed E-state index contributed by atoms with van der Waals surface area (Å²) in [7, 11) is 0. The molecule has 4 rings (SSSR count). The molecule has 4 aliphatic rings. The average Bonchev–Trinajstić information content (AvgIpc) is 2.96. The predicted octanol–water partition coefficient (Wildman–Crippen LogP) is 6.01. The molecule has 3 fully saturated rings. The van der Waals surface area contributed by atoms with Gasteiger partial charge in [-0.15, -0.1) is 0 Å². The molecular weight excluding hydrogens is 320 g/mol. The lowest BCUT2D eigenvalue weighted by Gasteiger charge is -2.58. The molecule has 0 spiro atoms. The Kier molecular flexibility index (Phi) is 4.44. The lowest BCUT2D eigenvalue weighted by atomic mass is 9.47. The van der Waals surface area contributed by atoms with Gasteiger partial charge in [-0.05, 0) is 85.4 Å². The number of carboxylic acid groups (broad SMARTS) is 1. The molecule has 0 aromatic heterocycles. The second kappa shape index (κ2) is 6.39. The summed E-state index contributed by atoms with van der Waals surface area (Å²) in [5, 5.41) is 9.00. The van der Waals surface area contributed by atoms with Gasteiger partial charge in [0.1, 0.15) is 0 Å². The second-order valence-corrected chi connectivity index (χ2v) is 9.94. The maximum atomic E-state index is 10.9. The van der Waals surface area contributed by atoms with E-state index in [9.17, 15) is 4.79 Å². The molecule has 4 aliphatic carbocycles. The summed E-state index contributed by atoms with van der Waals surface area (Å²) < 4.78 is 0. The van der Waals surface area contributed by atoms with Gasteiger partial charge in [0, 0.05) is 6.08 Å². The first-order chi connectivity index (χ1) is 12.4. The average molecular weight is 355 g/mol. The van der Waals surface area contributed by atoms with E-state index < -0.39 is 5.97 Å². The minimum Gasteiger partial charge on any atom is -0.478 e. The van der Waals surface area contributed by atoms with E-state index in [1.807, 2.05) is 6.08 Å². The van der Waals surface area contributed by atoms with Crippen LogP contribution in [0.2, 0.25) is 0 Å². The fraction of sp³-hybridized carbons (Fsp3) is 0.708. The minimum atomic E-state index is -0.815. The molecule has 142 valence electrons. The van der Waals surface area contributed by atoms with Crippen molar-refractivity contribution in [1.29, 1.82) is 0 Å². The SMILES string of the molecule is C[C@H](C=CC(=O)O)[C@H]1CC[C@H]2[C@@H]3CCC4=CC=CC[C@]4(C)[C@H]3CC[C@]12C. The summed E-state index contributed by atoms with van der Waals surface area (Å²) in [5.41, 5.74) is 2.49. The summed E-state index contributed by atoms with van der Waals surface area (Å²) in [5.74, 6) is 2.73. The first kappa shape index (κ1) is 18.1. The number of rotatable bonds is 3. The standard InChI is InChI=1S/C24H34O2/c1-16(7-12-22(25)26)19-10-11-20-18-9-8-17-6-4-5-14-23(17,2)21(18)13-15-24(19,20)3/h4-7,12,16,18-21H,8-11,13-15H2,1-3H3,(H,25,26)/t16-,18+,19-,20+,21+,23+,24-/m1/s1. The molecule has 3 saturated carbocycles. The molecule has 0 saturated heterocycles. The third-order valence-corrected chi connectivity index (χ3v) is 8.96. The Morgan fingerprint density at radius 1 is 1.23 bits per heavy atom. The highest BCUT2D eigenvalue weighted by atomic mass is 16.4. The lowest BCUT2D eigenvalue weighted by Crippen LogP contribution is -2.50. The summed E-state index contributed by atoms with van der Waals surface area (Å²) >= 11 is 0. The zero-order valence-electron chi connectivity index (χ0n) is 16.6. The van der Waals surface area contributed by atoms with Crippen molar-refractivity contribution >= 4 is 5.97 Å². The molecule has 0 radical (unpaired) electrons. The number of carboxylic acids is 1. The maximum Gasteiger partial charge on any atom is 0.327 e. The molecule has 2 nitrogen and oxygen atoms in total. The molecule has 0 bridgehead atoms. The van der Waals surface area contributed by atoms with E-state index in [4.69, 9.17) is 5.11 Å². The molecule has 1 N–H and O–H groups in total. The predicted molar refractivity (Wildman–Crippen MR) is 106 cm³/mol. The molecule has 7 atom stereocenters. The first-order valence-corrected chi connectivity index (χ1v) is 10.6. The normalized spacial score (nSPS) is 45.6. The highest BCUT2D eigenvalue weighted by molar-refractivity contribution is 5.79. The van der Waals surface area contributed by atoms with Crippen molar-refractivity contribution in [2.75, 3.05) is 0 Å². The Labute approximate surface area is 158 Å². The largest absolute Gasteiger partial charge is 0.478 e. The highest BCUT2D eigenvalue weighted by Crippen LogP contribution is 2.67. The molecule has 0 amide bonds. The number of aliphatic carboxylic acids is 1. The molecule has 0 heterocycles. The minimum absolute atomic E-state index is 0.366. The third-order valence-electron chi connectivity index (χ3n) is 8.96. The van der Waals surface area contributed by atoms with Crippen molar-refractivity contribution in [3.63, 3.8) is 0 Å². The maximum absolute atomic E-state index is 10.9. The molecular formula is C24H34O2. The van der Waals surface area contributed by atoms with E-state index in [2.05, 4.69) is 39.0 Å². The molecule has 0 aliphatic heterocycles. The Balaban J connectivity index is 1.58. The van der Waals surface area contributed by atoms with E-state index in [-0.39, 0.29) is 0 Å². The van der Waals surface area contributed by atoms with Crippen LogP contribution in [0.4, 0.5) is 0 Å². The van der Waals surface area contributed by atoms with Gasteiger partial charge in [-0.2, -0.15) is 0 Å². The van der Waals surface area contributed by atoms with E-state index in [0.717, 1.165) is 17.8 Å². The lowest BCUT2D eigenvalue weighted by molar-refractivity contribution is -0.131. The first-order valence-electron chi connectivity index (χ1n) is 10.6. The zero-order valence-corrected chi connectivity index (χ0v) is 16.6. The van der Waals surface area contributed by atoms with E-state index in [1.165, 1.54) is 51.0 Å². The third kappa shape index (κ3) is 2.63. The summed E-state index contributed by atoms with van der Waals surface area (Å²) in [4.78, 5) is 10.9. The van der Waals surface area contributed by atoms with Crippen LogP contribution in [0.25, 0.3) is 0 Å². The van der Waals surface area contributed by atoms with Crippen molar-refractivity contribution in [2.24, 2.45) is 40.4 Å². The van der Waals surface area contributed by atoms with Crippen LogP contribution in [0.1, 0.15) is 65.7 Å². The van der Waals surface area contributed by atoms with Crippen LogP contribution in [-0.2, 0) is 4.79 Å². The molecule has 0 aromatic carbocycles. The molecule has 26 heavy (non-hydrogen) atoms. The number of hydrogen-bond acceptors (Lipinski definition) is 1. The number of carbonyl (C=O) groups is 1. The van der Waals surface area contributed by atoms with Crippen LogP contribution in [-0.4, -0.2) is 11.1 Å². The van der Waals surface area contributed by atoms with Crippen LogP contribution in [0.5, 0.6) is 0 Å².